The van der Waals surface area contributed by atoms with E-state index >= 15 is 0 Å². The second-order valence-corrected chi connectivity index (χ2v) is 3.09. The maximum atomic E-state index is 11.3. The summed E-state index contributed by atoms with van der Waals surface area (Å²) >= 11 is 5.68. The molecule has 6 heteroatoms. The Morgan fingerprint density at radius 1 is 1.13 bits per heavy atom. The molecule has 4 nitrogen and oxygen atoms in total. The summed E-state index contributed by atoms with van der Waals surface area (Å²) in [5.74, 6) is -1.02. The molecule has 0 fully saturated rings. The van der Waals surface area contributed by atoms with Gasteiger partial charge >= 0.3 is 0 Å². The molecule has 15 heavy (non-hydrogen) atoms. The summed E-state index contributed by atoms with van der Waals surface area (Å²) in [6, 6.07) is 3.24. The van der Waals surface area contributed by atoms with Crippen molar-refractivity contribution >= 4 is 41.4 Å². The molecule has 0 radical (unpaired) electrons. The Labute approximate surface area is 96.7 Å². The van der Waals surface area contributed by atoms with Crippen molar-refractivity contribution in [2.75, 3.05) is 0 Å². The van der Waals surface area contributed by atoms with E-state index in [2.05, 4.69) is 10.3 Å². The number of amides is 2. The Hall–Kier alpha value is -1.39. The quantitative estimate of drug-likeness (QED) is 0.754. The smallest absolute Gasteiger partial charge is 0.270 e. The van der Waals surface area contributed by atoms with E-state index in [1.807, 2.05) is 0 Å². The van der Waals surface area contributed by atoms with E-state index in [4.69, 9.17) is 11.6 Å². The number of carbonyl (C=O) groups excluding carboxylic acids is 2. The maximum absolute atomic E-state index is 11.3. The molecule has 0 unspecified atom stereocenters. The molecule has 78 valence electrons. The second-order valence-electron chi connectivity index (χ2n) is 2.71. The van der Waals surface area contributed by atoms with Crippen LogP contribution < -0.4 is 5.32 Å². The first kappa shape index (κ1) is 11.7. The molecule has 0 aliphatic carbocycles. The summed E-state index contributed by atoms with van der Waals surface area (Å²) in [7, 11) is 0. The fraction of sp³-hybridized carbons (Fsp3) is 0. The van der Waals surface area contributed by atoms with Gasteiger partial charge in [-0.25, -0.2) is 0 Å². The van der Waals surface area contributed by atoms with Gasteiger partial charge in [0.05, 0.1) is 5.57 Å². The third-order valence-corrected chi connectivity index (χ3v) is 2.20. The lowest BCUT2D eigenvalue weighted by Crippen LogP contribution is -2.22. The van der Waals surface area contributed by atoms with Crippen molar-refractivity contribution in [2.45, 2.75) is 0 Å². The van der Waals surface area contributed by atoms with Crippen LogP contribution in [0.2, 0.25) is 0 Å². The van der Waals surface area contributed by atoms with Gasteiger partial charge in [-0.3, -0.25) is 19.9 Å². The highest BCUT2D eigenvalue weighted by Gasteiger charge is 2.29. The van der Waals surface area contributed by atoms with Crippen LogP contribution in [0.5, 0.6) is 0 Å². The molecule has 1 aromatic rings. The van der Waals surface area contributed by atoms with Crippen LogP contribution in [0.1, 0.15) is 5.56 Å². The predicted octanol–water partition coefficient (Wildman–Crippen LogP) is 1.11. The molecule has 0 atom stereocenters. The molecule has 2 heterocycles. The molecule has 2 amide bonds. The molecular weight excluding hydrogens is 239 g/mol. The number of nitrogens with one attached hydrogen (secondary N) is 1. The molecule has 1 N–H and O–H groups in total. The Balaban J connectivity index is 0.00000112. The molecule has 1 aliphatic rings. The molecule has 2 rings (SSSR count). The zero-order valence-corrected chi connectivity index (χ0v) is 8.93. The topological polar surface area (TPSA) is 59.1 Å². The highest BCUT2D eigenvalue weighted by atomic mass is 35.5. The predicted molar refractivity (Wildman–Crippen MR) is 57.4 cm³/mol. The first-order chi connectivity index (χ1) is 6.70. The second kappa shape index (κ2) is 4.42. The van der Waals surface area contributed by atoms with E-state index in [-0.39, 0.29) is 23.0 Å². The van der Waals surface area contributed by atoms with Gasteiger partial charge in [0.1, 0.15) is 5.03 Å². The SMILES string of the molecule is Cl.O=C1NC(=O)C(c2ccncc2)=C1Cl. The van der Waals surface area contributed by atoms with Crippen LogP contribution in [-0.4, -0.2) is 16.8 Å². The molecule has 0 bridgehead atoms. The molecule has 1 aliphatic heterocycles. The summed E-state index contributed by atoms with van der Waals surface area (Å²) < 4.78 is 0. The van der Waals surface area contributed by atoms with Gasteiger partial charge in [-0.1, -0.05) is 11.6 Å². The number of halogens is 2. The summed E-state index contributed by atoms with van der Waals surface area (Å²) in [4.78, 5) is 26.1. The molecule has 0 spiro atoms. The third kappa shape index (κ3) is 2.00. The van der Waals surface area contributed by atoms with Crippen molar-refractivity contribution < 1.29 is 9.59 Å². The van der Waals surface area contributed by atoms with Crippen LogP contribution in [0.25, 0.3) is 5.57 Å². The lowest BCUT2D eigenvalue weighted by Gasteiger charge is -1.97. The van der Waals surface area contributed by atoms with Gasteiger partial charge in [-0.15, -0.1) is 12.4 Å². The van der Waals surface area contributed by atoms with Crippen molar-refractivity contribution in [3.63, 3.8) is 0 Å². The van der Waals surface area contributed by atoms with Gasteiger partial charge in [0.2, 0.25) is 0 Å². The Morgan fingerprint density at radius 2 is 1.73 bits per heavy atom. The fourth-order valence-corrected chi connectivity index (χ4v) is 1.45. The zero-order valence-electron chi connectivity index (χ0n) is 7.36. The van der Waals surface area contributed by atoms with E-state index in [0.717, 1.165) is 0 Å². The van der Waals surface area contributed by atoms with E-state index in [0.29, 0.717) is 5.56 Å². The van der Waals surface area contributed by atoms with Crippen LogP contribution >= 0.6 is 24.0 Å². The minimum absolute atomic E-state index is 0. The van der Waals surface area contributed by atoms with Crippen LogP contribution in [0, 0.1) is 0 Å². The summed E-state index contributed by atoms with van der Waals surface area (Å²) in [6.07, 6.45) is 3.06. The first-order valence-electron chi connectivity index (χ1n) is 3.86. The van der Waals surface area contributed by atoms with Crippen molar-refractivity contribution in [3.8, 4) is 0 Å². The Morgan fingerprint density at radius 3 is 2.20 bits per heavy atom. The van der Waals surface area contributed by atoms with E-state index in [1.165, 1.54) is 12.4 Å². The minimum atomic E-state index is -0.552. The standard InChI is InChI=1S/C9H5ClN2O2.ClH/c10-7-6(8(13)12-9(7)14)5-1-3-11-4-2-5;/h1-4H,(H,12,13,14);1H. The number of carbonyl (C=O) groups is 2. The van der Waals surface area contributed by atoms with Gasteiger partial charge in [-0.05, 0) is 17.7 Å². The normalized spacial score (nSPS) is 15.0. The fourth-order valence-electron chi connectivity index (χ4n) is 1.21. The molecule has 0 saturated heterocycles. The van der Waals surface area contributed by atoms with Gasteiger partial charge in [-0.2, -0.15) is 0 Å². The molecule has 1 aromatic heterocycles. The summed E-state index contributed by atoms with van der Waals surface area (Å²) in [5, 5.41) is 2.04. The third-order valence-electron chi connectivity index (χ3n) is 1.84. The van der Waals surface area contributed by atoms with Gasteiger partial charge < -0.3 is 0 Å². The van der Waals surface area contributed by atoms with Crippen molar-refractivity contribution in [3.05, 3.63) is 35.1 Å². The number of pyridine rings is 1. The molecular formula is C9H6Cl2N2O2. The number of hydrogen-bond donors (Lipinski definition) is 1. The van der Waals surface area contributed by atoms with Gasteiger partial charge in [0.25, 0.3) is 11.8 Å². The van der Waals surface area contributed by atoms with Crippen LogP contribution in [0.4, 0.5) is 0 Å². The number of nitrogens with zero attached hydrogens (tertiary/aromatic N) is 1. The lowest BCUT2D eigenvalue weighted by molar-refractivity contribution is -0.123. The average molecular weight is 245 g/mol. The Kier molecular flexibility index (Phi) is 3.44. The van der Waals surface area contributed by atoms with Crippen LogP contribution in [-0.2, 0) is 9.59 Å². The molecule has 0 aromatic carbocycles. The maximum Gasteiger partial charge on any atom is 0.270 e. The van der Waals surface area contributed by atoms with E-state index < -0.39 is 11.8 Å². The van der Waals surface area contributed by atoms with Crippen LogP contribution in [0.3, 0.4) is 0 Å². The summed E-state index contributed by atoms with van der Waals surface area (Å²) in [5.41, 5.74) is 0.799. The van der Waals surface area contributed by atoms with E-state index in [9.17, 15) is 9.59 Å². The average Bonchev–Trinajstić information content (AvgIpc) is 2.43. The van der Waals surface area contributed by atoms with Crippen molar-refractivity contribution in [1.82, 2.24) is 10.3 Å². The lowest BCUT2D eigenvalue weighted by atomic mass is 10.1. The number of rotatable bonds is 1. The number of imide groups is 1. The van der Waals surface area contributed by atoms with Gasteiger partial charge in [0, 0.05) is 12.4 Å². The van der Waals surface area contributed by atoms with E-state index in [1.54, 1.807) is 12.1 Å². The van der Waals surface area contributed by atoms with Gasteiger partial charge in [0.15, 0.2) is 0 Å². The van der Waals surface area contributed by atoms with Crippen molar-refractivity contribution in [2.24, 2.45) is 0 Å². The highest BCUT2D eigenvalue weighted by molar-refractivity contribution is 6.55. The zero-order chi connectivity index (χ0) is 10.1. The van der Waals surface area contributed by atoms with Crippen LogP contribution in [0.15, 0.2) is 29.6 Å². The number of hydrogen-bond acceptors (Lipinski definition) is 3. The number of aromatic nitrogens is 1. The molecule has 0 saturated carbocycles. The Bertz CT molecular complexity index is 443. The first-order valence-corrected chi connectivity index (χ1v) is 4.24. The minimum Gasteiger partial charge on any atom is -0.287 e. The highest BCUT2D eigenvalue weighted by Crippen LogP contribution is 2.25. The summed E-state index contributed by atoms with van der Waals surface area (Å²) in [6.45, 7) is 0. The van der Waals surface area contributed by atoms with Crippen molar-refractivity contribution in [1.29, 1.82) is 0 Å². The monoisotopic (exact) mass is 244 g/mol. The largest absolute Gasteiger partial charge is 0.287 e.